The molecule has 0 saturated carbocycles. The highest BCUT2D eigenvalue weighted by Crippen LogP contribution is 2.22. The van der Waals surface area contributed by atoms with Crippen LogP contribution in [0.1, 0.15) is 24.8 Å². The number of rotatable bonds is 5. The van der Waals surface area contributed by atoms with E-state index in [9.17, 15) is 17.6 Å². The van der Waals surface area contributed by atoms with Crippen molar-refractivity contribution in [3.8, 4) is 0 Å². The largest absolute Gasteiger partial charge is 0.323 e. The summed E-state index contributed by atoms with van der Waals surface area (Å²) in [4.78, 5) is 12.2. The Morgan fingerprint density at radius 1 is 1.00 bits per heavy atom. The molecule has 2 aromatic carbocycles. The van der Waals surface area contributed by atoms with Gasteiger partial charge in [-0.25, -0.2) is 12.8 Å². The van der Waals surface area contributed by atoms with Crippen molar-refractivity contribution in [3.05, 3.63) is 66.0 Å². The average molecular weight is 388 g/mol. The standard InChI is InChI=1S/C20H21FN2O3S/c21-19-7-3-2-6-16(19)8-13-20(24)22-17-9-11-18(12-10-17)27(25,26)23-14-4-1-5-15-23/h2-3,6-13H,1,4-5,14-15H2,(H,22,24)/b13-8+. The number of halogens is 1. The number of piperidine rings is 1. The van der Waals surface area contributed by atoms with Crippen molar-refractivity contribution in [1.82, 2.24) is 4.31 Å². The Bertz CT molecular complexity index is 934. The summed E-state index contributed by atoms with van der Waals surface area (Å²) in [6, 6.07) is 12.2. The van der Waals surface area contributed by atoms with Crippen molar-refractivity contribution in [2.75, 3.05) is 18.4 Å². The van der Waals surface area contributed by atoms with Crippen LogP contribution in [0.5, 0.6) is 0 Å². The van der Waals surface area contributed by atoms with Crippen LogP contribution in [-0.2, 0) is 14.8 Å². The van der Waals surface area contributed by atoms with Crippen molar-refractivity contribution in [2.24, 2.45) is 0 Å². The Balaban J connectivity index is 1.65. The van der Waals surface area contributed by atoms with E-state index < -0.39 is 21.7 Å². The molecule has 0 unspecified atom stereocenters. The molecule has 1 amide bonds. The zero-order valence-corrected chi connectivity index (χ0v) is 15.6. The number of carbonyl (C=O) groups excluding carboxylic acids is 1. The number of carbonyl (C=O) groups is 1. The van der Waals surface area contributed by atoms with E-state index in [4.69, 9.17) is 0 Å². The number of hydrogen-bond donors (Lipinski definition) is 1. The quantitative estimate of drug-likeness (QED) is 0.795. The van der Waals surface area contributed by atoms with Crippen LogP contribution in [0.4, 0.5) is 10.1 Å². The van der Waals surface area contributed by atoms with E-state index in [-0.39, 0.29) is 4.90 Å². The lowest BCUT2D eigenvalue weighted by Crippen LogP contribution is -2.35. The molecule has 2 aromatic rings. The summed E-state index contributed by atoms with van der Waals surface area (Å²) >= 11 is 0. The zero-order valence-electron chi connectivity index (χ0n) is 14.8. The van der Waals surface area contributed by atoms with Gasteiger partial charge in [0, 0.05) is 30.4 Å². The molecule has 1 saturated heterocycles. The minimum atomic E-state index is -3.49. The van der Waals surface area contributed by atoms with E-state index in [1.165, 1.54) is 34.7 Å². The Morgan fingerprint density at radius 2 is 1.67 bits per heavy atom. The molecule has 0 radical (unpaired) electrons. The molecule has 1 heterocycles. The van der Waals surface area contributed by atoms with Gasteiger partial charge < -0.3 is 5.32 Å². The molecule has 0 bridgehead atoms. The fourth-order valence-corrected chi connectivity index (χ4v) is 4.44. The summed E-state index contributed by atoms with van der Waals surface area (Å²) in [6.45, 7) is 1.09. The fraction of sp³-hybridized carbons (Fsp3) is 0.250. The van der Waals surface area contributed by atoms with Gasteiger partial charge in [0.05, 0.1) is 4.90 Å². The Hall–Kier alpha value is -2.51. The monoisotopic (exact) mass is 388 g/mol. The van der Waals surface area contributed by atoms with Gasteiger partial charge in [0.25, 0.3) is 0 Å². The molecule has 0 atom stereocenters. The van der Waals surface area contributed by atoms with Gasteiger partial charge in [0.1, 0.15) is 5.82 Å². The van der Waals surface area contributed by atoms with Crippen LogP contribution in [0.2, 0.25) is 0 Å². The Labute approximate surface area is 158 Å². The highest BCUT2D eigenvalue weighted by molar-refractivity contribution is 7.89. The number of hydrogen-bond acceptors (Lipinski definition) is 3. The van der Waals surface area contributed by atoms with Crippen LogP contribution < -0.4 is 5.32 Å². The summed E-state index contributed by atoms with van der Waals surface area (Å²) in [5.74, 6) is -0.835. The minimum Gasteiger partial charge on any atom is -0.323 e. The number of benzene rings is 2. The van der Waals surface area contributed by atoms with Crippen LogP contribution >= 0.6 is 0 Å². The Morgan fingerprint density at radius 3 is 2.33 bits per heavy atom. The molecule has 1 aliphatic heterocycles. The second-order valence-electron chi connectivity index (χ2n) is 6.33. The second kappa shape index (κ2) is 8.45. The first kappa shape index (κ1) is 19.3. The lowest BCUT2D eigenvalue weighted by atomic mass is 10.2. The van der Waals surface area contributed by atoms with Crippen LogP contribution in [0.3, 0.4) is 0 Å². The second-order valence-corrected chi connectivity index (χ2v) is 8.27. The highest BCUT2D eigenvalue weighted by Gasteiger charge is 2.25. The lowest BCUT2D eigenvalue weighted by molar-refractivity contribution is -0.111. The van der Waals surface area contributed by atoms with Gasteiger partial charge in [-0.1, -0.05) is 24.6 Å². The van der Waals surface area contributed by atoms with Crippen LogP contribution in [0, 0.1) is 5.82 Å². The molecule has 1 fully saturated rings. The summed E-state index contributed by atoms with van der Waals surface area (Å²) in [7, 11) is -3.49. The molecule has 3 rings (SSSR count). The number of amides is 1. The summed E-state index contributed by atoms with van der Waals surface area (Å²) in [6.07, 6.45) is 5.43. The SMILES string of the molecule is O=C(/C=C/c1ccccc1F)Nc1ccc(S(=O)(=O)N2CCCCC2)cc1. The van der Waals surface area contributed by atoms with Crippen molar-refractivity contribution in [1.29, 1.82) is 0 Å². The minimum absolute atomic E-state index is 0.212. The molecular formula is C20H21FN2O3S. The number of sulfonamides is 1. The normalized spacial score (nSPS) is 15.7. The molecule has 1 N–H and O–H groups in total. The molecule has 0 spiro atoms. The molecule has 7 heteroatoms. The number of anilines is 1. The molecule has 0 aromatic heterocycles. The van der Waals surface area contributed by atoms with E-state index in [1.54, 1.807) is 30.3 Å². The number of nitrogens with one attached hydrogen (secondary N) is 1. The van der Waals surface area contributed by atoms with Crippen molar-refractivity contribution in [2.45, 2.75) is 24.2 Å². The summed E-state index contributed by atoms with van der Waals surface area (Å²) < 4.78 is 40.2. The maximum Gasteiger partial charge on any atom is 0.248 e. The summed E-state index contributed by atoms with van der Waals surface area (Å²) in [5, 5.41) is 2.63. The van der Waals surface area contributed by atoms with E-state index in [0.29, 0.717) is 24.3 Å². The maximum absolute atomic E-state index is 13.5. The summed E-state index contributed by atoms with van der Waals surface area (Å²) in [5.41, 5.74) is 0.784. The van der Waals surface area contributed by atoms with Crippen molar-refractivity contribution in [3.63, 3.8) is 0 Å². The third kappa shape index (κ3) is 4.81. The van der Waals surface area contributed by atoms with Gasteiger partial charge in [-0.15, -0.1) is 0 Å². The van der Waals surface area contributed by atoms with Crippen molar-refractivity contribution < 1.29 is 17.6 Å². The van der Waals surface area contributed by atoms with Gasteiger partial charge in [0.15, 0.2) is 0 Å². The van der Waals surface area contributed by atoms with Gasteiger partial charge in [0.2, 0.25) is 15.9 Å². The maximum atomic E-state index is 13.5. The third-order valence-electron chi connectivity index (χ3n) is 4.39. The molecule has 27 heavy (non-hydrogen) atoms. The zero-order chi connectivity index (χ0) is 19.3. The first-order chi connectivity index (χ1) is 13.0. The third-order valence-corrected chi connectivity index (χ3v) is 6.31. The fourth-order valence-electron chi connectivity index (χ4n) is 2.92. The first-order valence-electron chi connectivity index (χ1n) is 8.80. The van der Waals surface area contributed by atoms with Gasteiger partial charge in [-0.3, -0.25) is 4.79 Å². The molecule has 1 aliphatic rings. The highest BCUT2D eigenvalue weighted by atomic mass is 32.2. The van der Waals surface area contributed by atoms with E-state index >= 15 is 0 Å². The average Bonchev–Trinajstić information content (AvgIpc) is 2.68. The predicted octanol–water partition coefficient (Wildman–Crippen LogP) is 3.65. The van der Waals surface area contributed by atoms with E-state index in [2.05, 4.69) is 5.32 Å². The topological polar surface area (TPSA) is 66.5 Å². The number of nitrogens with zero attached hydrogens (tertiary/aromatic N) is 1. The predicted molar refractivity (Wildman–Crippen MR) is 103 cm³/mol. The van der Waals surface area contributed by atoms with E-state index in [1.807, 2.05) is 0 Å². The van der Waals surface area contributed by atoms with Crippen LogP contribution in [0.25, 0.3) is 6.08 Å². The molecule has 0 aliphatic carbocycles. The Kier molecular flexibility index (Phi) is 6.03. The molecule has 142 valence electrons. The van der Waals surface area contributed by atoms with Gasteiger partial charge in [-0.2, -0.15) is 4.31 Å². The van der Waals surface area contributed by atoms with Crippen LogP contribution in [-0.4, -0.2) is 31.7 Å². The van der Waals surface area contributed by atoms with Gasteiger partial charge in [-0.05, 0) is 49.2 Å². The smallest absolute Gasteiger partial charge is 0.248 e. The molecular weight excluding hydrogens is 367 g/mol. The first-order valence-corrected chi connectivity index (χ1v) is 10.2. The lowest BCUT2D eigenvalue weighted by Gasteiger charge is -2.25. The van der Waals surface area contributed by atoms with E-state index in [0.717, 1.165) is 19.3 Å². The van der Waals surface area contributed by atoms with Crippen molar-refractivity contribution >= 4 is 27.7 Å². The molecule has 5 nitrogen and oxygen atoms in total. The van der Waals surface area contributed by atoms with Gasteiger partial charge >= 0.3 is 0 Å². The van der Waals surface area contributed by atoms with Crippen LogP contribution in [0.15, 0.2) is 59.5 Å².